The van der Waals surface area contributed by atoms with Gasteiger partial charge in [0.05, 0.1) is 11.6 Å². The van der Waals surface area contributed by atoms with Crippen molar-refractivity contribution in [1.82, 2.24) is 4.90 Å². The van der Waals surface area contributed by atoms with Gasteiger partial charge in [0.1, 0.15) is 11.6 Å². The highest BCUT2D eigenvalue weighted by Gasteiger charge is 2.46. The third-order valence-corrected chi connectivity index (χ3v) is 7.82. The van der Waals surface area contributed by atoms with Crippen LogP contribution in [0, 0.1) is 12.7 Å². The fourth-order valence-electron chi connectivity index (χ4n) is 5.47. The zero-order valence-electron chi connectivity index (χ0n) is 23.9. The summed E-state index contributed by atoms with van der Waals surface area (Å²) in [4.78, 5) is 27.6. The Morgan fingerprint density at radius 1 is 0.769 bits per heavy atom. The van der Waals surface area contributed by atoms with Crippen LogP contribution in [0.2, 0.25) is 0 Å². The maximum absolute atomic E-state index is 14.9. The van der Waals surface area contributed by atoms with Gasteiger partial charge in [0.25, 0.3) is 11.7 Å². The molecule has 1 amide bonds. The van der Waals surface area contributed by atoms with Crippen LogP contribution in [0.15, 0.2) is 54.1 Å². The van der Waals surface area contributed by atoms with Crippen LogP contribution in [0.4, 0.5) is 4.39 Å². The van der Waals surface area contributed by atoms with E-state index in [9.17, 15) is 19.1 Å². The molecule has 39 heavy (non-hydrogen) atoms. The normalized spacial score (nSPS) is 16.8. The first-order valence-electron chi connectivity index (χ1n) is 15.1. The average molecular weight is 536 g/mol. The van der Waals surface area contributed by atoms with Gasteiger partial charge < -0.3 is 10.0 Å². The zero-order chi connectivity index (χ0) is 28.0. The van der Waals surface area contributed by atoms with Gasteiger partial charge in [0.15, 0.2) is 0 Å². The van der Waals surface area contributed by atoms with E-state index in [0.29, 0.717) is 12.1 Å². The van der Waals surface area contributed by atoms with Gasteiger partial charge in [-0.2, -0.15) is 0 Å². The number of benzene rings is 2. The summed E-state index contributed by atoms with van der Waals surface area (Å²) < 4.78 is 14.9. The van der Waals surface area contributed by atoms with Crippen LogP contribution in [0.5, 0.6) is 0 Å². The van der Waals surface area contributed by atoms with Crippen molar-refractivity contribution >= 4 is 17.4 Å². The Hall–Kier alpha value is -2.95. The predicted octanol–water partition coefficient (Wildman–Crippen LogP) is 9.04. The Kier molecular flexibility index (Phi) is 12.7. The lowest BCUT2D eigenvalue weighted by Crippen LogP contribution is -2.31. The molecule has 0 aromatic heterocycles. The first kappa shape index (κ1) is 30.6. The number of hydrogen-bond acceptors (Lipinski definition) is 3. The molecule has 0 unspecified atom stereocenters. The molecule has 1 saturated heterocycles. The van der Waals surface area contributed by atoms with Gasteiger partial charge in [0, 0.05) is 17.7 Å². The number of halogens is 1. The summed E-state index contributed by atoms with van der Waals surface area (Å²) in [5, 5.41) is 11.1. The second-order valence-corrected chi connectivity index (χ2v) is 11.0. The van der Waals surface area contributed by atoms with Crippen molar-refractivity contribution in [2.24, 2.45) is 0 Å². The minimum absolute atomic E-state index is 0.0423. The minimum atomic E-state index is -0.936. The van der Waals surface area contributed by atoms with Crippen LogP contribution in [0.3, 0.4) is 0 Å². The molecule has 2 aromatic carbocycles. The van der Waals surface area contributed by atoms with E-state index in [1.54, 1.807) is 30.3 Å². The van der Waals surface area contributed by atoms with Crippen LogP contribution in [0.1, 0.15) is 120 Å². The molecular formula is C34H46FNO3. The van der Waals surface area contributed by atoms with Crippen LogP contribution in [-0.4, -0.2) is 28.2 Å². The smallest absolute Gasteiger partial charge is 0.295 e. The molecule has 1 heterocycles. The highest BCUT2D eigenvalue weighted by molar-refractivity contribution is 6.46. The Balaban J connectivity index is 1.54. The summed E-state index contributed by atoms with van der Waals surface area (Å²) >= 11 is 0. The van der Waals surface area contributed by atoms with E-state index in [1.807, 2.05) is 19.1 Å². The minimum Gasteiger partial charge on any atom is -0.507 e. The lowest BCUT2D eigenvalue weighted by Gasteiger charge is -2.25. The molecule has 0 radical (unpaired) electrons. The maximum Gasteiger partial charge on any atom is 0.295 e. The standard InChI is InChI=1S/C34H46FNO3/c1-3-4-5-6-7-8-9-10-11-12-13-14-15-18-25-36-31(28-19-16-17-20-29(28)35)30(33(38)34(36)39)32(37)27-23-21-26(2)22-24-27/h16-17,19-24,31,37H,3-15,18,25H2,1-2H3/t31-/m1/s1. The molecule has 1 atom stereocenters. The van der Waals surface area contributed by atoms with E-state index in [2.05, 4.69) is 6.92 Å². The summed E-state index contributed by atoms with van der Waals surface area (Å²) in [6, 6.07) is 12.3. The van der Waals surface area contributed by atoms with Crippen molar-refractivity contribution in [2.75, 3.05) is 6.54 Å². The monoisotopic (exact) mass is 535 g/mol. The molecule has 1 aliphatic heterocycles. The molecule has 1 aliphatic rings. The molecule has 5 heteroatoms. The second kappa shape index (κ2) is 16.2. The van der Waals surface area contributed by atoms with Crippen molar-refractivity contribution < 1.29 is 19.1 Å². The lowest BCUT2D eigenvalue weighted by molar-refractivity contribution is -0.140. The molecule has 0 saturated carbocycles. The second-order valence-electron chi connectivity index (χ2n) is 11.0. The molecule has 212 valence electrons. The first-order chi connectivity index (χ1) is 19.0. The van der Waals surface area contributed by atoms with Gasteiger partial charge in [-0.1, -0.05) is 138 Å². The van der Waals surface area contributed by atoms with Crippen LogP contribution >= 0.6 is 0 Å². The quantitative estimate of drug-likeness (QED) is 0.0951. The van der Waals surface area contributed by atoms with Crippen LogP contribution in [0.25, 0.3) is 5.76 Å². The fraction of sp³-hybridized carbons (Fsp3) is 0.529. The van der Waals surface area contributed by atoms with Gasteiger partial charge in [-0.15, -0.1) is 0 Å². The van der Waals surface area contributed by atoms with Crippen molar-refractivity contribution in [3.05, 3.63) is 76.6 Å². The molecular weight excluding hydrogens is 489 g/mol. The highest BCUT2D eigenvalue weighted by atomic mass is 19.1. The Labute approximate surface area is 234 Å². The first-order valence-corrected chi connectivity index (χ1v) is 15.1. The van der Waals surface area contributed by atoms with Gasteiger partial charge in [-0.25, -0.2) is 4.39 Å². The van der Waals surface area contributed by atoms with Gasteiger partial charge >= 0.3 is 0 Å². The topological polar surface area (TPSA) is 57.6 Å². The Morgan fingerprint density at radius 2 is 1.28 bits per heavy atom. The van der Waals surface area contributed by atoms with Crippen LogP contribution < -0.4 is 0 Å². The summed E-state index contributed by atoms with van der Waals surface area (Å²) in [6.45, 7) is 4.53. The van der Waals surface area contributed by atoms with E-state index >= 15 is 0 Å². The van der Waals surface area contributed by atoms with Crippen molar-refractivity contribution in [3.63, 3.8) is 0 Å². The molecule has 0 bridgehead atoms. The number of rotatable bonds is 17. The van der Waals surface area contributed by atoms with E-state index in [1.165, 1.54) is 81.6 Å². The summed E-state index contributed by atoms with van der Waals surface area (Å²) in [5.74, 6) is -2.19. The largest absolute Gasteiger partial charge is 0.507 e. The summed E-state index contributed by atoms with van der Waals surface area (Å²) in [7, 11) is 0. The molecule has 2 aromatic rings. The molecule has 3 rings (SSSR count). The van der Waals surface area contributed by atoms with Crippen molar-refractivity contribution in [1.29, 1.82) is 0 Å². The lowest BCUT2D eigenvalue weighted by atomic mass is 9.94. The third kappa shape index (κ3) is 8.78. The number of carbonyl (C=O) groups is 2. The highest BCUT2D eigenvalue weighted by Crippen LogP contribution is 2.40. The number of aliphatic hydroxyl groups is 1. The van der Waals surface area contributed by atoms with E-state index in [4.69, 9.17) is 0 Å². The number of ketones is 1. The van der Waals surface area contributed by atoms with Gasteiger partial charge in [-0.05, 0) is 19.4 Å². The van der Waals surface area contributed by atoms with Gasteiger partial charge in [-0.3, -0.25) is 9.59 Å². The summed E-state index contributed by atoms with van der Waals surface area (Å²) in [5.41, 5.74) is 1.64. The van der Waals surface area contributed by atoms with Crippen molar-refractivity contribution in [3.8, 4) is 0 Å². The number of aryl methyl sites for hydroxylation is 1. The maximum atomic E-state index is 14.9. The molecule has 4 nitrogen and oxygen atoms in total. The number of hydrogen-bond donors (Lipinski definition) is 1. The molecule has 0 spiro atoms. The molecule has 1 fully saturated rings. The molecule has 0 aliphatic carbocycles. The number of amides is 1. The molecule has 1 N–H and O–H groups in total. The van der Waals surface area contributed by atoms with E-state index < -0.39 is 23.5 Å². The number of nitrogens with zero attached hydrogens (tertiary/aromatic N) is 1. The number of likely N-dealkylation sites (tertiary alicyclic amines) is 1. The van der Waals surface area contributed by atoms with Crippen LogP contribution in [-0.2, 0) is 9.59 Å². The third-order valence-electron chi connectivity index (χ3n) is 7.82. The number of unbranched alkanes of at least 4 members (excludes halogenated alkanes) is 13. The number of aliphatic hydroxyl groups excluding tert-OH is 1. The SMILES string of the molecule is CCCCCCCCCCCCCCCCN1C(=O)C(=O)C(=C(O)c2ccc(C)cc2)[C@H]1c1ccccc1F. The van der Waals surface area contributed by atoms with E-state index in [0.717, 1.165) is 24.8 Å². The van der Waals surface area contributed by atoms with E-state index in [-0.39, 0.29) is 16.9 Å². The summed E-state index contributed by atoms with van der Waals surface area (Å²) in [6.07, 6.45) is 17.2. The zero-order valence-corrected chi connectivity index (χ0v) is 23.9. The Bertz CT molecular complexity index is 1090. The van der Waals surface area contributed by atoms with Gasteiger partial charge in [0.2, 0.25) is 0 Å². The average Bonchev–Trinajstić information content (AvgIpc) is 3.18. The predicted molar refractivity (Wildman–Crippen MR) is 157 cm³/mol. The number of Topliss-reactive ketones (excluding diaryl/α,β-unsaturated/α-hetero) is 1. The van der Waals surface area contributed by atoms with Crippen molar-refractivity contribution in [2.45, 2.75) is 110 Å². The number of carbonyl (C=O) groups excluding carboxylic acids is 2. The fourth-order valence-corrected chi connectivity index (χ4v) is 5.47. The Morgan fingerprint density at radius 3 is 1.82 bits per heavy atom.